The first-order valence-electron chi connectivity index (χ1n) is 5.32. The highest BCUT2D eigenvalue weighted by atomic mass is 79.9. The van der Waals surface area contributed by atoms with Crippen molar-refractivity contribution < 1.29 is 13.5 Å². The zero-order chi connectivity index (χ0) is 14.0. The Balaban J connectivity index is 2.39. The Kier molecular flexibility index (Phi) is 4.54. The summed E-state index contributed by atoms with van der Waals surface area (Å²) in [5.74, 6) is -1.30. The second-order valence-corrected chi connectivity index (χ2v) is 5.44. The first-order valence-corrected chi connectivity index (χ1v) is 6.91. The maximum absolute atomic E-state index is 14.0. The molecule has 0 heterocycles. The van der Waals surface area contributed by atoms with Crippen LogP contribution in [0.2, 0.25) is 0 Å². The lowest BCUT2D eigenvalue weighted by atomic mass is 10.2. The summed E-state index contributed by atoms with van der Waals surface area (Å²) in [6.45, 7) is 0.197. The van der Waals surface area contributed by atoms with Crippen molar-refractivity contribution in [2.45, 2.75) is 6.54 Å². The van der Waals surface area contributed by atoms with Crippen molar-refractivity contribution in [2.75, 3.05) is 0 Å². The van der Waals surface area contributed by atoms with E-state index >= 15 is 0 Å². The lowest BCUT2D eigenvalue weighted by Crippen LogP contribution is -2.00. The van der Waals surface area contributed by atoms with E-state index in [1.165, 1.54) is 24.3 Å². The van der Waals surface area contributed by atoms with Gasteiger partial charge in [-0.25, -0.2) is 8.78 Å². The second-order valence-electron chi connectivity index (χ2n) is 3.73. The molecule has 0 atom stereocenters. The Morgan fingerprint density at radius 1 is 1.05 bits per heavy atom. The predicted molar refractivity (Wildman–Crippen MR) is 76.2 cm³/mol. The predicted octanol–water partition coefficient (Wildman–Crippen LogP) is 4.74. The lowest BCUT2D eigenvalue weighted by molar-refractivity contribution is 0.412. The SMILES string of the molecule is NCc1ccc(Oc2cc(Br)ccc2F)c(F)c1Br. The molecule has 0 aromatic heterocycles. The van der Waals surface area contributed by atoms with Crippen molar-refractivity contribution in [3.05, 3.63) is 56.5 Å². The third-order valence-electron chi connectivity index (χ3n) is 2.46. The van der Waals surface area contributed by atoms with Crippen LogP contribution in [0.15, 0.2) is 39.3 Å². The summed E-state index contributed by atoms with van der Waals surface area (Å²) < 4.78 is 33.7. The molecule has 0 amide bonds. The number of hydrogen-bond acceptors (Lipinski definition) is 2. The standard InChI is InChI=1S/C13H9Br2F2NO/c14-8-2-3-9(16)11(5-8)19-10-4-1-7(6-18)12(15)13(10)17/h1-5H,6,18H2. The van der Waals surface area contributed by atoms with Gasteiger partial charge in [0.15, 0.2) is 23.1 Å². The first-order chi connectivity index (χ1) is 9.02. The van der Waals surface area contributed by atoms with Crippen LogP contribution in [0.4, 0.5) is 8.78 Å². The van der Waals surface area contributed by atoms with Gasteiger partial charge in [-0.3, -0.25) is 0 Å². The Morgan fingerprint density at radius 2 is 1.79 bits per heavy atom. The summed E-state index contributed by atoms with van der Waals surface area (Å²) in [7, 11) is 0. The third kappa shape index (κ3) is 3.13. The number of hydrogen-bond donors (Lipinski definition) is 1. The van der Waals surface area contributed by atoms with Crippen molar-refractivity contribution in [3.63, 3.8) is 0 Å². The van der Waals surface area contributed by atoms with Crippen molar-refractivity contribution in [3.8, 4) is 11.5 Å². The van der Waals surface area contributed by atoms with Gasteiger partial charge in [0.25, 0.3) is 0 Å². The van der Waals surface area contributed by atoms with Crippen LogP contribution in [0.25, 0.3) is 0 Å². The van der Waals surface area contributed by atoms with Crippen LogP contribution in [-0.4, -0.2) is 0 Å². The van der Waals surface area contributed by atoms with Gasteiger partial charge in [-0.1, -0.05) is 22.0 Å². The minimum absolute atomic E-state index is 0.0549. The number of nitrogens with two attached hydrogens (primary N) is 1. The molecule has 2 nitrogen and oxygen atoms in total. The smallest absolute Gasteiger partial charge is 0.180 e. The van der Waals surface area contributed by atoms with Gasteiger partial charge in [-0.05, 0) is 45.8 Å². The zero-order valence-corrected chi connectivity index (χ0v) is 12.8. The first kappa shape index (κ1) is 14.4. The van der Waals surface area contributed by atoms with Crippen molar-refractivity contribution in [2.24, 2.45) is 5.73 Å². The molecule has 0 bridgehead atoms. The van der Waals surface area contributed by atoms with Crippen LogP contribution in [0.3, 0.4) is 0 Å². The van der Waals surface area contributed by atoms with E-state index in [9.17, 15) is 8.78 Å². The maximum atomic E-state index is 14.0. The highest BCUT2D eigenvalue weighted by Crippen LogP contribution is 2.33. The fourth-order valence-corrected chi connectivity index (χ4v) is 2.31. The monoisotopic (exact) mass is 391 g/mol. The van der Waals surface area contributed by atoms with E-state index in [0.717, 1.165) is 0 Å². The summed E-state index contributed by atoms with van der Waals surface area (Å²) in [6.07, 6.45) is 0. The molecule has 0 unspecified atom stereocenters. The summed E-state index contributed by atoms with van der Waals surface area (Å²) >= 11 is 6.30. The third-order valence-corrected chi connectivity index (χ3v) is 3.81. The fourth-order valence-electron chi connectivity index (χ4n) is 1.48. The van der Waals surface area contributed by atoms with Gasteiger partial charge in [0.1, 0.15) is 0 Å². The Bertz CT molecular complexity index is 620. The molecule has 6 heteroatoms. The maximum Gasteiger partial charge on any atom is 0.180 e. The number of benzene rings is 2. The van der Waals surface area contributed by atoms with Gasteiger partial charge in [-0.2, -0.15) is 0 Å². The Morgan fingerprint density at radius 3 is 2.47 bits per heavy atom. The quantitative estimate of drug-likeness (QED) is 0.818. The van der Waals surface area contributed by atoms with Crippen LogP contribution in [-0.2, 0) is 6.54 Å². The molecule has 0 saturated carbocycles. The molecule has 0 radical (unpaired) electrons. The summed E-state index contributed by atoms with van der Waals surface area (Å²) in [5.41, 5.74) is 6.07. The van der Waals surface area contributed by atoms with Crippen LogP contribution in [0.1, 0.15) is 5.56 Å². The fraction of sp³-hybridized carbons (Fsp3) is 0.0769. The topological polar surface area (TPSA) is 35.2 Å². The molecule has 100 valence electrons. The minimum Gasteiger partial charge on any atom is -0.451 e. The summed E-state index contributed by atoms with van der Waals surface area (Å²) in [4.78, 5) is 0. The molecule has 0 fully saturated rings. The molecule has 2 aromatic rings. The van der Waals surface area contributed by atoms with E-state index in [1.807, 2.05) is 0 Å². The average Bonchev–Trinajstić information content (AvgIpc) is 2.39. The van der Waals surface area contributed by atoms with Gasteiger partial charge in [0.2, 0.25) is 0 Å². The molecule has 0 aliphatic rings. The molecule has 0 aliphatic carbocycles. The molecule has 0 spiro atoms. The normalized spacial score (nSPS) is 10.6. The molecular weight excluding hydrogens is 384 g/mol. The van der Waals surface area contributed by atoms with Crippen LogP contribution < -0.4 is 10.5 Å². The largest absolute Gasteiger partial charge is 0.451 e. The van der Waals surface area contributed by atoms with Crippen LogP contribution in [0.5, 0.6) is 11.5 Å². The average molecular weight is 393 g/mol. The lowest BCUT2D eigenvalue weighted by Gasteiger charge is -2.11. The zero-order valence-electron chi connectivity index (χ0n) is 9.59. The van der Waals surface area contributed by atoms with E-state index in [2.05, 4.69) is 31.9 Å². The molecule has 0 saturated heterocycles. The number of rotatable bonds is 3. The van der Waals surface area contributed by atoms with Gasteiger partial charge < -0.3 is 10.5 Å². The van der Waals surface area contributed by atoms with Crippen molar-refractivity contribution in [1.29, 1.82) is 0 Å². The van der Waals surface area contributed by atoms with Crippen molar-refractivity contribution >= 4 is 31.9 Å². The van der Waals surface area contributed by atoms with E-state index in [-0.39, 0.29) is 22.5 Å². The number of ether oxygens (including phenoxy) is 1. The Hall–Kier alpha value is -0.980. The molecule has 2 aromatic carbocycles. The van der Waals surface area contributed by atoms with Crippen LogP contribution >= 0.6 is 31.9 Å². The summed E-state index contributed by atoms with van der Waals surface area (Å²) in [6, 6.07) is 7.24. The van der Waals surface area contributed by atoms with Crippen molar-refractivity contribution in [1.82, 2.24) is 0 Å². The Labute approximate surface area is 125 Å². The van der Waals surface area contributed by atoms with E-state index in [0.29, 0.717) is 10.0 Å². The van der Waals surface area contributed by atoms with E-state index in [4.69, 9.17) is 10.5 Å². The highest BCUT2D eigenvalue weighted by molar-refractivity contribution is 9.10. The molecule has 2 N–H and O–H groups in total. The molecular formula is C13H9Br2F2NO. The molecule has 2 rings (SSSR count). The number of halogens is 4. The highest BCUT2D eigenvalue weighted by Gasteiger charge is 2.14. The van der Waals surface area contributed by atoms with E-state index in [1.54, 1.807) is 6.07 Å². The molecule has 0 aliphatic heterocycles. The van der Waals surface area contributed by atoms with Gasteiger partial charge in [0, 0.05) is 11.0 Å². The molecule has 19 heavy (non-hydrogen) atoms. The minimum atomic E-state index is -0.609. The second kappa shape index (κ2) is 5.98. The van der Waals surface area contributed by atoms with E-state index < -0.39 is 11.6 Å². The summed E-state index contributed by atoms with van der Waals surface area (Å²) in [5, 5.41) is 0. The van der Waals surface area contributed by atoms with Gasteiger partial charge in [0.05, 0.1) is 4.47 Å². The van der Waals surface area contributed by atoms with Crippen LogP contribution in [0, 0.1) is 11.6 Å². The van der Waals surface area contributed by atoms with Gasteiger partial charge in [-0.15, -0.1) is 0 Å². The van der Waals surface area contributed by atoms with Gasteiger partial charge >= 0.3 is 0 Å².